The van der Waals surface area contributed by atoms with Gasteiger partial charge in [-0.1, -0.05) is 12.8 Å². The Labute approximate surface area is 123 Å². The van der Waals surface area contributed by atoms with Gasteiger partial charge in [0.1, 0.15) is 6.54 Å². The van der Waals surface area contributed by atoms with Crippen LogP contribution < -0.4 is 0 Å². The zero-order valence-corrected chi connectivity index (χ0v) is 12.1. The van der Waals surface area contributed by atoms with Gasteiger partial charge in [-0.15, -0.1) is 0 Å². The number of likely N-dealkylation sites (tertiary alicyclic amines) is 1. The third kappa shape index (κ3) is 3.09. The van der Waals surface area contributed by atoms with Gasteiger partial charge in [0.05, 0.1) is 11.7 Å². The quantitative estimate of drug-likeness (QED) is 0.889. The number of carboxylic acid groups (broad SMARTS) is 1. The zero-order valence-electron chi connectivity index (χ0n) is 12.1. The first-order valence-corrected chi connectivity index (χ1v) is 7.56. The number of imidazole rings is 1. The first-order valence-electron chi connectivity index (χ1n) is 7.56. The summed E-state index contributed by atoms with van der Waals surface area (Å²) in [4.78, 5) is 29.8. The molecule has 1 unspecified atom stereocenters. The number of rotatable bonds is 5. The van der Waals surface area contributed by atoms with E-state index in [-0.39, 0.29) is 12.5 Å². The van der Waals surface area contributed by atoms with E-state index < -0.39 is 11.4 Å². The van der Waals surface area contributed by atoms with Gasteiger partial charge in [0, 0.05) is 25.5 Å². The van der Waals surface area contributed by atoms with Crippen LogP contribution in [0.2, 0.25) is 0 Å². The van der Waals surface area contributed by atoms with Gasteiger partial charge >= 0.3 is 5.97 Å². The maximum Gasteiger partial charge on any atom is 0.311 e. The molecular weight excluding hydrogens is 270 g/mol. The summed E-state index contributed by atoms with van der Waals surface area (Å²) in [5.41, 5.74) is -0.732. The standard InChI is InChI=1S/C15H21N3O3/c19-13(9-17-7-5-16-11-17)18-6-1-4-15(10-18,14(20)21)8-12-2-3-12/h5,7,11-12H,1-4,6,8-10H2,(H,20,21). The number of amides is 1. The van der Waals surface area contributed by atoms with Gasteiger partial charge in [-0.2, -0.15) is 0 Å². The van der Waals surface area contributed by atoms with Crippen molar-refractivity contribution in [3.05, 3.63) is 18.7 Å². The van der Waals surface area contributed by atoms with Crippen LogP contribution in [-0.4, -0.2) is 44.5 Å². The molecule has 2 fully saturated rings. The summed E-state index contributed by atoms with van der Waals surface area (Å²) >= 11 is 0. The van der Waals surface area contributed by atoms with Gasteiger partial charge in [-0.25, -0.2) is 4.98 Å². The maximum atomic E-state index is 12.4. The van der Waals surface area contributed by atoms with Crippen molar-refractivity contribution < 1.29 is 14.7 Å². The molecule has 0 aromatic carbocycles. The number of piperidine rings is 1. The number of aromatic nitrogens is 2. The molecule has 1 aromatic rings. The molecule has 21 heavy (non-hydrogen) atoms. The van der Waals surface area contributed by atoms with E-state index in [1.165, 1.54) is 0 Å². The van der Waals surface area contributed by atoms with E-state index >= 15 is 0 Å². The van der Waals surface area contributed by atoms with Crippen molar-refractivity contribution in [2.75, 3.05) is 13.1 Å². The van der Waals surface area contributed by atoms with Gasteiger partial charge in [0.15, 0.2) is 0 Å². The van der Waals surface area contributed by atoms with E-state index in [9.17, 15) is 14.7 Å². The van der Waals surface area contributed by atoms with Crippen LogP contribution in [0.1, 0.15) is 32.1 Å². The van der Waals surface area contributed by atoms with Gasteiger partial charge in [-0.05, 0) is 25.2 Å². The Morgan fingerprint density at radius 2 is 2.19 bits per heavy atom. The second-order valence-corrected chi connectivity index (χ2v) is 6.39. The fourth-order valence-electron chi connectivity index (χ4n) is 3.28. The Balaban J connectivity index is 1.68. The number of carbonyl (C=O) groups excluding carboxylic acids is 1. The van der Waals surface area contributed by atoms with Crippen molar-refractivity contribution >= 4 is 11.9 Å². The molecule has 0 radical (unpaired) electrons. The summed E-state index contributed by atoms with van der Waals surface area (Å²) < 4.78 is 1.72. The number of carboxylic acids is 1. The molecule has 1 atom stereocenters. The van der Waals surface area contributed by atoms with Crippen LogP contribution in [0.25, 0.3) is 0 Å². The van der Waals surface area contributed by atoms with Crippen LogP contribution in [0.4, 0.5) is 0 Å². The van der Waals surface area contributed by atoms with E-state index in [2.05, 4.69) is 4.98 Å². The largest absolute Gasteiger partial charge is 0.481 e. The molecule has 1 saturated carbocycles. The lowest BCUT2D eigenvalue weighted by molar-refractivity contribution is -0.156. The molecule has 2 aliphatic rings. The highest BCUT2D eigenvalue weighted by molar-refractivity contribution is 5.79. The van der Waals surface area contributed by atoms with Gasteiger partial charge in [-0.3, -0.25) is 9.59 Å². The Hall–Kier alpha value is -1.85. The van der Waals surface area contributed by atoms with Gasteiger partial charge in [0.2, 0.25) is 5.91 Å². The highest BCUT2D eigenvalue weighted by atomic mass is 16.4. The molecule has 1 amide bonds. The average Bonchev–Trinajstić information content (AvgIpc) is 3.12. The molecule has 1 saturated heterocycles. The number of aliphatic carboxylic acids is 1. The Bertz CT molecular complexity index is 524. The third-order valence-electron chi connectivity index (χ3n) is 4.64. The number of carbonyl (C=O) groups is 2. The van der Waals surface area contributed by atoms with Crippen molar-refractivity contribution in [1.82, 2.24) is 14.5 Å². The molecule has 0 spiro atoms. The zero-order chi connectivity index (χ0) is 14.9. The number of hydrogen-bond donors (Lipinski definition) is 1. The topological polar surface area (TPSA) is 75.4 Å². The summed E-state index contributed by atoms with van der Waals surface area (Å²) in [6.45, 7) is 1.25. The molecule has 1 aromatic heterocycles. The highest BCUT2D eigenvalue weighted by Crippen LogP contribution is 2.44. The van der Waals surface area contributed by atoms with Gasteiger partial charge in [0.25, 0.3) is 0 Å². The van der Waals surface area contributed by atoms with Crippen LogP contribution in [0.5, 0.6) is 0 Å². The summed E-state index contributed by atoms with van der Waals surface area (Å²) in [6.07, 6.45) is 9.45. The Morgan fingerprint density at radius 3 is 2.81 bits per heavy atom. The van der Waals surface area contributed by atoms with Crippen molar-refractivity contribution in [2.45, 2.75) is 38.6 Å². The van der Waals surface area contributed by atoms with Crippen LogP contribution in [0.3, 0.4) is 0 Å². The summed E-state index contributed by atoms with van der Waals surface area (Å²) in [6, 6.07) is 0. The lowest BCUT2D eigenvalue weighted by atomic mass is 9.75. The Morgan fingerprint density at radius 1 is 1.38 bits per heavy atom. The van der Waals surface area contributed by atoms with Gasteiger partial charge < -0.3 is 14.6 Å². The minimum Gasteiger partial charge on any atom is -0.481 e. The molecule has 1 aliphatic carbocycles. The monoisotopic (exact) mass is 291 g/mol. The molecular formula is C15H21N3O3. The molecule has 114 valence electrons. The second kappa shape index (κ2) is 5.50. The van der Waals surface area contributed by atoms with Crippen molar-refractivity contribution in [1.29, 1.82) is 0 Å². The minimum atomic E-state index is -0.741. The molecule has 1 aliphatic heterocycles. The third-order valence-corrected chi connectivity index (χ3v) is 4.64. The average molecular weight is 291 g/mol. The van der Waals surface area contributed by atoms with Crippen molar-refractivity contribution in [2.24, 2.45) is 11.3 Å². The molecule has 0 bridgehead atoms. The molecule has 1 N–H and O–H groups in total. The van der Waals surface area contributed by atoms with E-state index in [4.69, 9.17) is 0 Å². The fourth-order valence-corrected chi connectivity index (χ4v) is 3.28. The molecule has 3 rings (SSSR count). The predicted octanol–water partition coefficient (Wildman–Crippen LogP) is 1.38. The van der Waals surface area contributed by atoms with Crippen LogP contribution >= 0.6 is 0 Å². The Kier molecular flexibility index (Phi) is 3.69. The van der Waals surface area contributed by atoms with E-state index in [0.717, 1.165) is 25.7 Å². The lowest BCUT2D eigenvalue weighted by Crippen LogP contribution is -2.50. The van der Waals surface area contributed by atoms with Crippen molar-refractivity contribution in [3.8, 4) is 0 Å². The minimum absolute atomic E-state index is 0.0193. The van der Waals surface area contributed by atoms with E-state index in [1.807, 2.05) is 0 Å². The predicted molar refractivity (Wildman–Crippen MR) is 75.5 cm³/mol. The summed E-state index contributed by atoms with van der Waals surface area (Å²) in [5, 5.41) is 9.67. The summed E-state index contributed by atoms with van der Waals surface area (Å²) in [5.74, 6) is -0.214. The highest BCUT2D eigenvalue weighted by Gasteiger charge is 2.46. The molecule has 2 heterocycles. The number of hydrogen-bond acceptors (Lipinski definition) is 3. The van der Waals surface area contributed by atoms with Crippen LogP contribution in [0.15, 0.2) is 18.7 Å². The van der Waals surface area contributed by atoms with Crippen LogP contribution in [0, 0.1) is 11.3 Å². The second-order valence-electron chi connectivity index (χ2n) is 6.39. The lowest BCUT2D eigenvalue weighted by Gasteiger charge is -2.40. The fraction of sp³-hybridized carbons (Fsp3) is 0.667. The normalized spacial score (nSPS) is 25.8. The first-order chi connectivity index (χ1) is 10.1. The van der Waals surface area contributed by atoms with Crippen LogP contribution in [-0.2, 0) is 16.1 Å². The van der Waals surface area contributed by atoms with E-state index in [0.29, 0.717) is 25.4 Å². The smallest absolute Gasteiger partial charge is 0.311 e. The summed E-state index contributed by atoms with van der Waals surface area (Å²) in [7, 11) is 0. The maximum absolute atomic E-state index is 12.4. The first kappa shape index (κ1) is 14.1. The molecule has 6 nitrogen and oxygen atoms in total. The van der Waals surface area contributed by atoms with E-state index in [1.54, 1.807) is 28.2 Å². The number of nitrogens with zero attached hydrogens (tertiary/aromatic N) is 3. The van der Waals surface area contributed by atoms with Crippen molar-refractivity contribution in [3.63, 3.8) is 0 Å². The SMILES string of the molecule is O=C(Cn1ccnc1)N1CCCC(CC2CC2)(C(=O)O)C1. The molecule has 6 heteroatoms.